The fourth-order valence-electron chi connectivity index (χ4n) is 3.05. The molecule has 3 heteroatoms. The highest BCUT2D eigenvalue weighted by atomic mass is 16.5. The third kappa shape index (κ3) is 3.47. The molecule has 2 rings (SSSR count). The molecule has 1 aromatic heterocycles. The molecule has 0 saturated heterocycles. The molecule has 1 fully saturated rings. The van der Waals surface area contributed by atoms with Crippen LogP contribution < -0.4 is 10.5 Å². The Morgan fingerprint density at radius 1 is 1.37 bits per heavy atom. The zero-order valence-corrected chi connectivity index (χ0v) is 12.4. The third-order valence-electron chi connectivity index (χ3n) is 4.23. The fourth-order valence-corrected chi connectivity index (χ4v) is 3.05. The predicted octanol–water partition coefficient (Wildman–Crippen LogP) is 3.50. The number of pyridine rings is 1. The summed E-state index contributed by atoms with van der Waals surface area (Å²) in [6.07, 6.45) is 6.50. The lowest BCUT2D eigenvalue weighted by molar-refractivity contribution is 0.115. The van der Waals surface area contributed by atoms with Crippen molar-refractivity contribution in [1.82, 2.24) is 4.98 Å². The highest BCUT2D eigenvalue weighted by Gasteiger charge is 2.23. The van der Waals surface area contributed by atoms with Gasteiger partial charge in [0.25, 0.3) is 0 Å². The lowest BCUT2D eigenvalue weighted by atomic mass is 9.85. The van der Waals surface area contributed by atoms with Crippen LogP contribution in [-0.4, -0.2) is 11.1 Å². The van der Waals surface area contributed by atoms with Crippen molar-refractivity contribution in [3.8, 4) is 5.88 Å². The van der Waals surface area contributed by atoms with Crippen LogP contribution in [0.25, 0.3) is 0 Å². The molecular formula is C16H26N2O. The maximum Gasteiger partial charge on any atom is 0.218 e. The Hall–Kier alpha value is -1.09. The van der Waals surface area contributed by atoms with Crippen LogP contribution in [0.5, 0.6) is 5.88 Å². The van der Waals surface area contributed by atoms with Crippen LogP contribution >= 0.6 is 0 Å². The zero-order valence-electron chi connectivity index (χ0n) is 12.4. The van der Waals surface area contributed by atoms with Gasteiger partial charge < -0.3 is 10.5 Å². The number of nitrogens with two attached hydrogens (primary N) is 1. The Balaban J connectivity index is 2.14. The average Bonchev–Trinajstić information content (AvgIpc) is 2.38. The van der Waals surface area contributed by atoms with Gasteiger partial charge in [0.1, 0.15) is 6.10 Å². The van der Waals surface area contributed by atoms with E-state index >= 15 is 0 Å². The molecule has 3 nitrogen and oxygen atoms in total. The first-order valence-corrected chi connectivity index (χ1v) is 7.47. The van der Waals surface area contributed by atoms with Gasteiger partial charge in [-0.25, -0.2) is 4.98 Å². The summed E-state index contributed by atoms with van der Waals surface area (Å²) in [6, 6.07) is 2.07. The minimum absolute atomic E-state index is 0.317. The SMILES string of the molecule is CCC1CCCC(Oc2nc(C)cc(C)c2CN)C1. The summed E-state index contributed by atoms with van der Waals surface area (Å²) in [5.74, 6) is 1.58. The van der Waals surface area contributed by atoms with E-state index in [1.54, 1.807) is 0 Å². The van der Waals surface area contributed by atoms with E-state index in [0.717, 1.165) is 35.9 Å². The van der Waals surface area contributed by atoms with Crippen molar-refractivity contribution in [2.24, 2.45) is 11.7 Å². The number of rotatable bonds is 4. The number of aryl methyl sites for hydroxylation is 2. The van der Waals surface area contributed by atoms with Gasteiger partial charge in [-0.15, -0.1) is 0 Å². The molecule has 1 heterocycles. The number of hydrogen-bond acceptors (Lipinski definition) is 3. The number of nitrogens with zero attached hydrogens (tertiary/aromatic N) is 1. The van der Waals surface area contributed by atoms with Crippen LogP contribution in [-0.2, 0) is 6.54 Å². The summed E-state index contributed by atoms with van der Waals surface area (Å²) in [5, 5.41) is 0. The first kappa shape index (κ1) is 14.3. The van der Waals surface area contributed by atoms with Gasteiger partial charge in [-0.3, -0.25) is 0 Å². The van der Waals surface area contributed by atoms with Crippen LogP contribution in [0.2, 0.25) is 0 Å². The topological polar surface area (TPSA) is 48.1 Å². The smallest absolute Gasteiger partial charge is 0.218 e. The van der Waals surface area contributed by atoms with Gasteiger partial charge in [0.05, 0.1) is 0 Å². The van der Waals surface area contributed by atoms with Crippen molar-refractivity contribution in [1.29, 1.82) is 0 Å². The monoisotopic (exact) mass is 262 g/mol. The van der Waals surface area contributed by atoms with E-state index in [0.29, 0.717) is 12.6 Å². The molecule has 19 heavy (non-hydrogen) atoms. The molecule has 0 radical (unpaired) electrons. The number of ether oxygens (including phenoxy) is 1. The molecule has 2 N–H and O–H groups in total. The van der Waals surface area contributed by atoms with Crippen molar-refractivity contribution in [2.45, 2.75) is 65.5 Å². The largest absolute Gasteiger partial charge is 0.474 e. The molecule has 2 unspecified atom stereocenters. The van der Waals surface area contributed by atoms with Crippen LogP contribution in [0.4, 0.5) is 0 Å². The van der Waals surface area contributed by atoms with E-state index in [4.69, 9.17) is 10.5 Å². The Bertz CT molecular complexity index is 431. The van der Waals surface area contributed by atoms with Gasteiger partial charge >= 0.3 is 0 Å². The maximum absolute atomic E-state index is 6.18. The molecular weight excluding hydrogens is 236 g/mol. The van der Waals surface area contributed by atoms with E-state index in [2.05, 4.69) is 24.9 Å². The Kier molecular flexibility index (Phi) is 4.81. The summed E-state index contributed by atoms with van der Waals surface area (Å²) < 4.78 is 6.18. The second-order valence-corrected chi connectivity index (χ2v) is 5.75. The highest BCUT2D eigenvalue weighted by Crippen LogP contribution is 2.30. The quantitative estimate of drug-likeness (QED) is 0.903. The summed E-state index contributed by atoms with van der Waals surface area (Å²) in [6.45, 7) is 6.86. The summed E-state index contributed by atoms with van der Waals surface area (Å²) in [4.78, 5) is 4.55. The molecule has 1 aliphatic rings. The Labute approximate surface area is 116 Å². The van der Waals surface area contributed by atoms with E-state index in [9.17, 15) is 0 Å². The minimum Gasteiger partial charge on any atom is -0.474 e. The van der Waals surface area contributed by atoms with Gasteiger partial charge in [0.2, 0.25) is 5.88 Å². The van der Waals surface area contributed by atoms with Gasteiger partial charge in [-0.2, -0.15) is 0 Å². The molecule has 0 aliphatic heterocycles. The Morgan fingerprint density at radius 2 is 2.16 bits per heavy atom. The minimum atomic E-state index is 0.317. The molecule has 1 aliphatic carbocycles. The second-order valence-electron chi connectivity index (χ2n) is 5.75. The second kappa shape index (κ2) is 6.38. The van der Waals surface area contributed by atoms with Gasteiger partial charge in [-0.05, 0) is 50.7 Å². The van der Waals surface area contributed by atoms with Gasteiger partial charge in [-0.1, -0.05) is 19.8 Å². The molecule has 106 valence electrons. The lowest BCUT2D eigenvalue weighted by Gasteiger charge is -2.29. The van der Waals surface area contributed by atoms with Crippen LogP contribution in [0, 0.1) is 19.8 Å². The normalized spacial score (nSPS) is 23.4. The predicted molar refractivity (Wildman–Crippen MR) is 78.3 cm³/mol. The van der Waals surface area contributed by atoms with Crippen molar-refractivity contribution in [2.75, 3.05) is 0 Å². The molecule has 1 saturated carbocycles. The first-order valence-electron chi connectivity index (χ1n) is 7.47. The van der Waals surface area contributed by atoms with E-state index in [1.165, 1.54) is 24.8 Å². The number of hydrogen-bond donors (Lipinski definition) is 1. The highest BCUT2D eigenvalue weighted by molar-refractivity contribution is 5.35. The van der Waals surface area contributed by atoms with Crippen molar-refractivity contribution < 1.29 is 4.74 Å². The third-order valence-corrected chi connectivity index (χ3v) is 4.23. The average molecular weight is 262 g/mol. The van der Waals surface area contributed by atoms with Crippen LogP contribution in [0.15, 0.2) is 6.07 Å². The first-order chi connectivity index (χ1) is 9.13. The maximum atomic E-state index is 6.18. The van der Waals surface area contributed by atoms with Crippen LogP contribution in [0.3, 0.4) is 0 Å². The molecule has 0 spiro atoms. The summed E-state index contributed by atoms with van der Waals surface area (Å²) >= 11 is 0. The zero-order chi connectivity index (χ0) is 13.8. The summed E-state index contributed by atoms with van der Waals surface area (Å²) in [7, 11) is 0. The van der Waals surface area contributed by atoms with Crippen molar-refractivity contribution >= 4 is 0 Å². The lowest BCUT2D eigenvalue weighted by Crippen LogP contribution is -2.26. The number of aromatic nitrogens is 1. The molecule has 1 aromatic rings. The van der Waals surface area contributed by atoms with Crippen molar-refractivity contribution in [3.63, 3.8) is 0 Å². The van der Waals surface area contributed by atoms with Crippen LogP contribution in [0.1, 0.15) is 55.8 Å². The standard InChI is InChI=1S/C16H26N2O/c1-4-13-6-5-7-14(9-13)19-16-15(10-17)11(2)8-12(3)18-16/h8,13-14H,4-7,9-10,17H2,1-3H3. The van der Waals surface area contributed by atoms with Crippen molar-refractivity contribution in [3.05, 3.63) is 22.9 Å². The molecule has 2 atom stereocenters. The van der Waals surface area contributed by atoms with E-state index < -0.39 is 0 Å². The Morgan fingerprint density at radius 3 is 2.84 bits per heavy atom. The molecule has 0 amide bonds. The van der Waals surface area contributed by atoms with E-state index in [1.807, 2.05) is 6.92 Å². The van der Waals surface area contributed by atoms with E-state index in [-0.39, 0.29) is 0 Å². The summed E-state index contributed by atoms with van der Waals surface area (Å²) in [5.41, 5.74) is 9.09. The van der Waals surface area contributed by atoms with Gasteiger partial charge in [0, 0.05) is 17.8 Å². The van der Waals surface area contributed by atoms with Gasteiger partial charge in [0.15, 0.2) is 0 Å². The fraction of sp³-hybridized carbons (Fsp3) is 0.688. The molecule has 0 aromatic carbocycles. The molecule has 0 bridgehead atoms.